The Bertz CT molecular complexity index is 591. The molecule has 1 aromatic heterocycles. The molecule has 0 unspecified atom stereocenters. The van der Waals surface area contributed by atoms with E-state index in [1.807, 2.05) is 13.8 Å². The number of nitrogens with one attached hydrogen (secondary N) is 3. The number of hydrogen-bond acceptors (Lipinski definition) is 5. The van der Waals surface area contributed by atoms with Crippen molar-refractivity contribution in [3.63, 3.8) is 0 Å². The average Bonchev–Trinajstić information content (AvgIpc) is 2.85. The van der Waals surface area contributed by atoms with Gasteiger partial charge in [0, 0.05) is 6.42 Å². The van der Waals surface area contributed by atoms with E-state index in [9.17, 15) is 18.0 Å². The zero-order valence-corrected chi connectivity index (χ0v) is 12.2. The highest BCUT2D eigenvalue weighted by atomic mass is 32.2. The van der Waals surface area contributed by atoms with Gasteiger partial charge in [0.15, 0.2) is 5.76 Å². The fourth-order valence-corrected chi connectivity index (χ4v) is 1.94. The molecule has 0 saturated heterocycles. The summed E-state index contributed by atoms with van der Waals surface area (Å²) in [5.74, 6) is -1.14. The van der Waals surface area contributed by atoms with Crippen molar-refractivity contribution in [2.24, 2.45) is 5.92 Å². The monoisotopic (exact) mass is 303 g/mol. The van der Waals surface area contributed by atoms with Crippen LogP contribution in [0.1, 0.15) is 30.8 Å². The van der Waals surface area contributed by atoms with Crippen LogP contribution in [0.25, 0.3) is 0 Å². The van der Waals surface area contributed by atoms with Gasteiger partial charge < -0.3 is 4.42 Å². The van der Waals surface area contributed by atoms with Crippen LogP contribution in [0.3, 0.4) is 0 Å². The molecule has 8 nitrogen and oxygen atoms in total. The lowest BCUT2D eigenvalue weighted by atomic mass is 10.1. The van der Waals surface area contributed by atoms with Crippen LogP contribution in [0.2, 0.25) is 0 Å². The lowest BCUT2D eigenvalue weighted by Crippen LogP contribution is -2.41. The third kappa shape index (κ3) is 4.35. The summed E-state index contributed by atoms with van der Waals surface area (Å²) in [4.78, 5) is 23.0. The van der Waals surface area contributed by atoms with E-state index in [1.54, 1.807) is 0 Å². The Balaban J connectivity index is 2.64. The largest absolute Gasteiger partial charge is 0.438 e. The minimum absolute atomic E-state index is 0.155. The second kappa shape index (κ2) is 6.53. The van der Waals surface area contributed by atoms with Gasteiger partial charge in [0.25, 0.3) is 10.0 Å². The molecule has 0 radical (unpaired) electrons. The molecular weight excluding hydrogens is 286 g/mol. The summed E-state index contributed by atoms with van der Waals surface area (Å²) >= 11 is 0. The van der Waals surface area contributed by atoms with Crippen molar-refractivity contribution < 1.29 is 22.4 Å². The van der Waals surface area contributed by atoms with Crippen LogP contribution in [-0.2, 0) is 14.8 Å². The van der Waals surface area contributed by atoms with Gasteiger partial charge in [0.05, 0.1) is 0 Å². The maximum atomic E-state index is 11.6. The summed E-state index contributed by atoms with van der Waals surface area (Å²) in [6.45, 7) is 3.73. The minimum Gasteiger partial charge on any atom is -0.438 e. The first-order valence-corrected chi connectivity index (χ1v) is 7.37. The first kappa shape index (κ1) is 16.2. The second-order valence-corrected chi connectivity index (χ2v) is 6.24. The first-order valence-electron chi connectivity index (χ1n) is 5.89. The summed E-state index contributed by atoms with van der Waals surface area (Å²) < 4.78 is 29.8. The van der Waals surface area contributed by atoms with Gasteiger partial charge in [-0.05, 0) is 25.1 Å². The predicted octanol–water partition coefficient (Wildman–Crippen LogP) is -0.00520. The predicted molar refractivity (Wildman–Crippen MR) is 70.0 cm³/mol. The normalized spacial score (nSPS) is 11.4. The Kier molecular flexibility index (Phi) is 5.28. The van der Waals surface area contributed by atoms with E-state index in [4.69, 9.17) is 4.42 Å². The Morgan fingerprint density at radius 1 is 1.25 bits per heavy atom. The first-order chi connectivity index (χ1) is 9.26. The molecule has 1 rings (SSSR count). The Morgan fingerprint density at radius 3 is 2.45 bits per heavy atom. The second-order valence-electron chi connectivity index (χ2n) is 4.43. The third-order valence-corrected chi connectivity index (χ3v) is 3.53. The van der Waals surface area contributed by atoms with E-state index >= 15 is 0 Å². The molecule has 9 heteroatoms. The fraction of sp³-hybridized carbons (Fsp3) is 0.455. The van der Waals surface area contributed by atoms with E-state index in [2.05, 4.69) is 15.6 Å². The van der Waals surface area contributed by atoms with E-state index in [0.29, 0.717) is 0 Å². The number of furan rings is 1. The van der Waals surface area contributed by atoms with Crippen LogP contribution in [0.5, 0.6) is 0 Å². The van der Waals surface area contributed by atoms with Crippen LogP contribution in [0, 0.1) is 5.92 Å². The van der Waals surface area contributed by atoms with Crippen LogP contribution < -0.4 is 15.6 Å². The number of sulfonamides is 1. The summed E-state index contributed by atoms with van der Waals surface area (Å²) in [7, 11) is -2.52. The molecule has 112 valence electrons. The molecule has 3 N–H and O–H groups in total. The van der Waals surface area contributed by atoms with E-state index in [0.717, 1.165) is 6.07 Å². The van der Waals surface area contributed by atoms with Gasteiger partial charge in [-0.1, -0.05) is 13.8 Å². The number of carbonyl (C=O) groups excluding carboxylic acids is 2. The molecule has 0 aliphatic rings. The number of carbonyl (C=O) groups is 2. The summed E-state index contributed by atoms with van der Waals surface area (Å²) in [6, 6.07) is 2.35. The van der Waals surface area contributed by atoms with Crippen LogP contribution in [0.4, 0.5) is 0 Å². The maximum Gasteiger partial charge on any atom is 0.305 e. The highest BCUT2D eigenvalue weighted by Gasteiger charge is 2.19. The lowest BCUT2D eigenvalue weighted by molar-refractivity contribution is -0.122. The van der Waals surface area contributed by atoms with Gasteiger partial charge in [-0.25, -0.2) is 13.1 Å². The van der Waals surface area contributed by atoms with Gasteiger partial charge in [0.1, 0.15) is 0 Å². The molecule has 1 aromatic rings. The van der Waals surface area contributed by atoms with Gasteiger partial charge in [-0.2, -0.15) is 0 Å². The van der Waals surface area contributed by atoms with Crippen molar-refractivity contribution in [1.82, 2.24) is 15.6 Å². The van der Waals surface area contributed by atoms with Crippen LogP contribution in [0.15, 0.2) is 21.6 Å². The average molecular weight is 303 g/mol. The molecule has 0 aromatic carbocycles. The van der Waals surface area contributed by atoms with E-state index < -0.39 is 15.9 Å². The number of hydrazine groups is 1. The van der Waals surface area contributed by atoms with Crippen molar-refractivity contribution in [2.45, 2.75) is 25.4 Å². The van der Waals surface area contributed by atoms with Crippen LogP contribution >= 0.6 is 0 Å². The quantitative estimate of drug-likeness (QED) is 0.662. The van der Waals surface area contributed by atoms with Crippen molar-refractivity contribution in [2.75, 3.05) is 7.05 Å². The maximum absolute atomic E-state index is 11.6. The molecule has 0 saturated carbocycles. The van der Waals surface area contributed by atoms with Gasteiger partial charge in [-0.3, -0.25) is 20.4 Å². The SMILES string of the molecule is CNS(=O)(=O)c1ccc(C(=O)NNC(=O)CC(C)C)o1. The summed E-state index contributed by atoms with van der Waals surface area (Å²) in [5.41, 5.74) is 4.35. The molecule has 2 amide bonds. The van der Waals surface area contributed by atoms with Crippen molar-refractivity contribution >= 4 is 21.8 Å². The molecule has 1 heterocycles. The zero-order valence-electron chi connectivity index (χ0n) is 11.4. The van der Waals surface area contributed by atoms with Gasteiger partial charge in [-0.15, -0.1) is 0 Å². The molecule has 0 spiro atoms. The molecular formula is C11H17N3O5S. The highest BCUT2D eigenvalue weighted by Crippen LogP contribution is 2.13. The lowest BCUT2D eigenvalue weighted by Gasteiger charge is -2.07. The topological polar surface area (TPSA) is 118 Å². The molecule has 0 aliphatic carbocycles. The summed E-state index contributed by atoms with van der Waals surface area (Å²) in [5, 5.41) is -0.376. The Hall–Kier alpha value is -1.87. The smallest absolute Gasteiger partial charge is 0.305 e. The molecule has 0 bridgehead atoms. The molecule has 0 fully saturated rings. The Morgan fingerprint density at radius 2 is 1.90 bits per heavy atom. The third-order valence-electron chi connectivity index (χ3n) is 2.25. The Labute approximate surface area is 116 Å². The number of amides is 2. The molecule has 0 atom stereocenters. The van der Waals surface area contributed by atoms with Crippen molar-refractivity contribution in [3.05, 3.63) is 17.9 Å². The van der Waals surface area contributed by atoms with E-state index in [-0.39, 0.29) is 29.1 Å². The van der Waals surface area contributed by atoms with Crippen molar-refractivity contribution in [1.29, 1.82) is 0 Å². The zero-order chi connectivity index (χ0) is 15.3. The van der Waals surface area contributed by atoms with Crippen LogP contribution in [-0.4, -0.2) is 27.3 Å². The van der Waals surface area contributed by atoms with Crippen molar-refractivity contribution in [3.8, 4) is 0 Å². The van der Waals surface area contributed by atoms with E-state index in [1.165, 1.54) is 13.1 Å². The standard InChI is InChI=1S/C11H17N3O5S/c1-7(2)6-9(15)13-14-11(16)8-4-5-10(19-8)20(17,18)12-3/h4-5,7,12H,6H2,1-3H3,(H,13,15)(H,14,16). The molecule has 20 heavy (non-hydrogen) atoms. The fourth-order valence-electron chi connectivity index (χ4n) is 1.30. The summed E-state index contributed by atoms with van der Waals surface area (Å²) in [6.07, 6.45) is 0.262. The highest BCUT2D eigenvalue weighted by molar-refractivity contribution is 7.89. The number of rotatable bonds is 5. The van der Waals surface area contributed by atoms with Gasteiger partial charge >= 0.3 is 5.91 Å². The number of hydrogen-bond donors (Lipinski definition) is 3. The molecule has 0 aliphatic heterocycles. The minimum atomic E-state index is -3.74. The van der Waals surface area contributed by atoms with Gasteiger partial charge in [0.2, 0.25) is 11.0 Å².